The summed E-state index contributed by atoms with van der Waals surface area (Å²) in [6, 6.07) is 15.9. The van der Waals surface area contributed by atoms with Crippen LogP contribution in [0.15, 0.2) is 63.8 Å². The molecule has 32 heavy (non-hydrogen) atoms. The zero-order valence-corrected chi connectivity index (χ0v) is 18.2. The van der Waals surface area contributed by atoms with Crippen LogP contribution in [0, 0.1) is 0 Å². The average molecular weight is 464 g/mol. The van der Waals surface area contributed by atoms with Gasteiger partial charge in [-0.2, -0.15) is 0 Å². The molecule has 0 bridgehead atoms. The minimum Gasteiger partial charge on any atom is -0.465 e. The van der Waals surface area contributed by atoms with Crippen LogP contribution in [-0.2, 0) is 4.74 Å². The zero-order valence-electron chi connectivity index (χ0n) is 16.6. The average Bonchev–Trinajstić information content (AvgIpc) is 3.44. The summed E-state index contributed by atoms with van der Waals surface area (Å²) in [6.45, 7) is 0. The number of H-pyrrole nitrogens is 1. The number of nitrogens with zero attached hydrogens (tertiary/aromatic N) is 2. The van der Waals surface area contributed by atoms with E-state index < -0.39 is 5.97 Å². The highest BCUT2D eigenvalue weighted by Crippen LogP contribution is 2.32. The molecule has 0 aliphatic heterocycles. The third kappa shape index (κ3) is 3.70. The minimum atomic E-state index is -0.518. The first-order valence-electron chi connectivity index (χ1n) is 9.47. The van der Waals surface area contributed by atoms with E-state index in [2.05, 4.69) is 15.0 Å². The Bertz CT molecular complexity index is 1550. The fraction of sp³-hybridized carbons (Fsp3) is 0.0435. The highest BCUT2D eigenvalue weighted by atomic mass is 35.5. The molecule has 7 nitrogen and oxygen atoms in total. The van der Waals surface area contributed by atoms with Gasteiger partial charge in [0, 0.05) is 6.08 Å². The van der Waals surface area contributed by atoms with E-state index in [0.717, 1.165) is 15.2 Å². The van der Waals surface area contributed by atoms with Crippen LogP contribution in [0.2, 0.25) is 0 Å². The number of hydrogen-bond acceptors (Lipinski definition) is 7. The smallest absolute Gasteiger partial charge is 0.337 e. The van der Waals surface area contributed by atoms with Crippen molar-refractivity contribution < 1.29 is 13.9 Å². The second kappa shape index (κ2) is 8.07. The highest BCUT2D eigenvalue weighted by Gasteiger charge is 2.13. The summed E-state index contributed by atoms with van der Waals surface area (Å²) in [6.07, 6.45) is 1.56. The minimum absolute atomic E-state index is 0.157. The Balaban J connectivity index is 1.49. The fourth-order valence-electron chi connectivity index (χ4n) is 3.21. The molecule has 3 aromatic heterocycles. The number of fused-ring (bicyclic) bond motifs is 2. The monoisotopic (exact) mass is 463 g/mol. The molecule has 0 aliphatic carbocycles. The molecule has 0 amide bonds. The van der Waals surface area contributed by atoms with Crippen molar-refractivity contribution in [3.8, 4) is 10.8 Å². The van der Waals surface area contributed by atoms with Gasteiger partial charge in [-0.3, -0.25) is 4.79 Å². The number of ether oxygens (including phenoxy) is 1. The van der Waals surface area contributed by atoms with Crippen LogP contribution >= 0.6 is 22.9 Å². The van der Waals surface area contributed by atoms with Crippen LogP contribution in [0.3, 0.4) is 0 Å². The van der Waals surface area contributed by atoms with Crippen LogP contribution < -0.4 is 5.56 Å². The number of carbonyl (C=O) groups excluding carboxylic acids is 1. The van der Waals surface area contributed by atoms with Crippen molar-refractivity contribution in [3.63, 3.8) is 0 Å². The van der Waals surface area contributed by atoms with E-state index in [0.29, 0.717) is 22.4 Å². The van der Waals surface area contributed by atoms with Crippen molar-refractivity contribution in [2.75, 3.05) is 7.11 Å². The highest BCUT2D eigenvalue weighted by molar-refractivity contribution is 7.21. The summed E-state index contributed by atoms with van der Waals surface area (Å²) in [5.74, 6) is 0.735. The van der Waals surface area contributed by atoms with E-state index >= 15 is 0 Å². The van der Waals surface area contributed by atoms with Crippen molar-refractivity contribution in [2.24, 2.45) is 0 Å². The van der Waals surface area contributed by atoms with Crippen molar-refractivity contribution in [2.45, 2.75) is 0 Å². The van der Waals surface area contributed by atoms with Crippen LogP contribution in [0.1, 0.15) is 21.9 Å². The summed E-state index contributed by atoms with van der Waals surface area (Å²) < 4.78 is 11.7. The lowest BCUT2D eigenvalue weighted by molar-refractivity contribution is 0.0601. The van der Waals surface area contributed by atoms with Crippen molar-refractivity contribution in [3.05, 3.63) is 82.1 Å². The summed E-state index contributed by atoms with van der Waals surface area (Å²) >= 11 is 7.96. The first-order chi connectivity index (χ1) is 15.5. The lowest BCUT2D eigenvalue weighted by Crippen LogP contribution is -2.11. The van der Waals surface area contributed by atoms with E-state index in [1.165, 1.54) is 36.6 Å². The third-order valence-electron chi connectivity index (χ3n) is 4.75. The second-order valence-corrected chi connectivity index (χ2v) is 8.26. The molecule has 0 aliphatic rings. The third-order valence-corrected chi connectivity index (χ3v) is 6.09. The number of carbonyl (C=O) groups is 1. The number of rotatable bonds is 4. The molecule has 0 fully saturated rings. The molecule has 0 spiro atoms. The SMILES string of the molecule is COC(=O)c1ccc2c(=O)[nH]c(/C(Cl)=C/c3ccc(-c4nc5ccccc5s4)o3)nc2c1. The molecule has 5 aromatic rings. The summed E-state index contributed by atoms with van der Waals surface area (Å²) in [5.41, 5.74) is 1.15. The van der Waals surface area contributed by atoms with Gasteiger partial charge in [-0.15, -0.1) is 11.3 Å². The molecule has 0 saturated carbocycles. The standard InChI is InChI=1S/C23H14ClN3O4S/c1-30-23(29)12-6-8-14-17(10-12)25-20(27-21(14)28)15(24)11-13-7-9-18(31-13)22-26-16-4-2-3-5-19(16)32-22/h2-11H,1H3,(H,25,27,28)/b15-11-. The predicted molar refractivity (Wildman–Crippen MR) is 125 cm³/mol. The maximum absolute atomic E-state index is 12.5. The second-order valence-electron chi connectivity index (χ2n) is 6.82. The normalized spacial score (nSPS) is 11.9. The van der Waals surface area contributed by atoms with E-state index in [9.17, 15) is 9.59 Å². The van der Waals surface area contributed by atoms with Crippen molar-refractivity contribution >= 4 is 61.1 Å². The molecule has 2 aromatic carbocycles. The Hall–Kier alpha value is -3.75. The molecule has 5 rings (SSSR count). The Kier molecular flexibility index (Phi) is 5.08. The topological polar surface area (TPSA) is 98.1 Å². The van der Waals surface area contributed by atoms with E-state index in [1.807, 2.05) is 30.3 Å². The lowest BCUT2D eigenvalue weighted by Gasteiger charge is -2.04. The number of esters is 1. The summed E-state index contributed by atoms with van der Waals surface area (Å²) in [7, 11) is 1.29. The molecule has 0 saturated heterocycles. The van der Waals surface area contributed by atoms with Crippen LogP contribution in [0.25, 0.3) is 43.0 Å². The van der Waals surface area contributed by atoms with Gasteiger partial charge in [-0.1, -0.05) is 23.7 Å². The van der Waals surface area contributed by atoms with Gasteiger partial charge in [0.2, 0.25) is 0 Å². The summed E-state index contributed by atoms with van der Waals surface area (Å²) in [5, 5.41) is 1.27. The zero-order chi connectivity index (χ0) is 22.2. The molecular weight excluding hydrogens is 450 g/mol. The van der Waals surface area contributed by atoms with Gasteiger partial charge in [-0.05, 0) is 42.5 Å². The number of methoxy groups -OCH3 is 1. The van der Waals surface area contributed by atoms with Gasteiger partial charge in [0.05, 0.1) is 38.8 Å². The Labute approximate surface area is 190 Å². The Morgan fingerprint density at radius 2 is 1.97 bits per heavy atom. The molecular formula is C23H14ClN3O4S. The van der Waals surface area contributed by atoms with Gasteiger partial charge >= 0.3 is 5.97 Å². The number of hydrogen-bond donors (Lipinski definition) is 1. The number of aromatic nitrogens is 3. The Morgan fingerprint density at radius 1 is 1.12 bits per heavy atom. The largest absolute Gasteiger partial charge is 0.465 e. The predicted octanol–water partition coefficient (Wildman–Crippen LogP) is 5.32. The number of benzene rings is 2. The van der Waals surface area contributed by atoms with Crippen LogP contribution in [0.4, 0.5) is 0 Å². The maximum Gasteiger partial charge on any atom is 0.337 e. The van der Waals surface area contributed by atoms with Crippen molar-refractivity contribution in [1.29, 1.82) is 0 Å². The number of halogens is 1. The Morgan fingerprint density at radius 3 is 2.78 bits per heavy atom. The fourth-order valence-corrected chi connectivity index (χ4v) is 4.34. The number of aromatic amines is 1. The van der Waals surface area contributed by atoms with Gasteiger partial charge in [-0.25, -0.2) is 14.8 Å². The van der Waals surface area contributed by atoms with Crippen molar-refractivity contribution in [1.82, 2.24) is 15.0 Å². The number of thiazole rings is 1. The van der Waals surface area contributed by atoms with Crippen LogP contribution in [-0.4, -0.2) is 28.0 Å². The molecule has 0 unspecified atom stereocenters. The molecule has 158 valence electrons. The van der Waals surface area contributed by atoms with Gasteiger partial charge in [0.25, 0.3) is 5.56 Å². The van der Waals surface area contributed by atoms with E-state index in [4.69, 9.17) is 20.8 Å². The first-order valence-corrected chi connectivity index (χ1v) is 10.7. The quantitative estimate of drug-likeness (QED) is 0.362. The van der Waals surface area contributed by atoms with Crippen LogP contribution in [0.5, 0.6) is 0 Å². The lowest BCUT2D eigenvalue weighted by atomic mass is 10.1. The maximum atomic E-state index is 12.5. The molecule has 9 heteroatoms. The van der Waals surface area contributed by atoms with Gasteiger partial charge in [0.15, 0.2) is 16.6 Å². The van der Waals surface area contributed by atoms with E-state index in [1.54, 1.807) is 12.1 Å². The van der Waals surface area contributed by atoms with E-state index in [-0.39, 0.29) is 22.0 Å². The molecule has 0 atom stereocenters. The van der Waals surface area contributed by atoms with Gasteiger partial charge in [0.1, 0.15) is 5.76 Å². The molecule has 0 radical (unpaired) electrons. The number of nitrogens with one attached hydrogen (secondary N) is 1. The van der Waals surface area contributed by atoms with Gasteiger partial charge < -0.3 is 14.1 Å². The first kappa shape index (κ1) is 20.2. The molecule has 3 heterocycles. The molecule has 1 N–H and O–H groups in total. The summed E-state index contributed by atoms with van der Waals surface area (Å²) in [4.78, 5) is 35.9. The number of para-hydroxylation sites is 1. The number of furan rings is 1.